The van der Waals surface area contributed by atoms with Crippen molar-refractivity contribution >= 4 is 18.3 Å². The van der Waals surface area contributed by atoms with E-state index in [4.69, 9.17) is 9.47 Å². The van der Waals surface area contributed by atoms with Gasteiger partial charge < -0.3 is 14.4 Å². The van der Waals surface area contributed by atoms with Crippen LogP contribution >= 0.6 is 12.4 Å². The van der Waals surface area contributed by atoms with Gasteiger partial charge in [0.25, 0.3) is 5.91 Å². The number of hydrogen-bond donors (Lipinski definition) is 0. The number of carbonyl (C=O) groups excluding carboxylic acids is 1. The number of methoxy groups -OCH3 is 1. The number of ether oxygens (including phenoxy) is 2. The van der Waals surface area contributed by atoms with Gasteiger partial charge in [-0.05, 0) is 12.1 Å². The van der Waals surface area contributed by atoms with Crippen molar-refractivity contribution in [3.8, 4) is 11.5 Å². The van der Waals surface area contributed by atoms with Crippen molar-refractivity contribution in [2.45, 2.75) is 6.18 Å². The monoisotopic (exact) mass is 368 g/mol. The third-order valence-corrected chi connectivity index (χ3v) is 3.53. The minimum atomic E-state index is -4.21. The number of alkyl halides is 3. The number of benzene rings is 1. The van der Waals surface area contributed by atoms with Gasteiger partial charge in [-0.2, -0.15) is 13.2 Å². The SMILES string of the molecule is COc1cccc(OCC(=O)N2CCN(CC(F)(F)F)CC2)c1.Cl. The van der Waals surface area contributed by atoms with E-state index in [-0.39, 0.29) is 51.1 Å². The zero-order valence-corrected chi connectivity index (χ0v) is 14.0. The fraction of sp³-hybridized carbons (Fsp3) is 0.533. The predicted molar refractivity (Wildman–Crippen MR) is 84.8 cm³/mol. The molecule has 1 aliphatic heterocycles. The van der Waals surface area contributed by atoms with Gasteiger partial charge in [0.1, 0.15) is 11.5 Å². The zero-order chi connectivity index (χ0) is 16.9. The number of rotatable bonds is 5. The van der Waals surface area contributed by atoms with Crippen LogP contribution in [0.5, 0.6) is 11.5 Å². The van der Waals surface area contributed by atoms with Crippen LogP contribution in [0.1, 0.15) is 0 Å². The molecule has 0 atom stereocenters. The Labute approximate surface area is 144 Å². The molecule has 2 rings (SSSR count). The van der Waals surface area contributed by atoms with Crippen molar-refractivity contribution < 1.29 is 27.4 Å². The van der Waals surface area contributed by atoms with Gasteiger partial charge in [-0.25, -0.2) is 0 Å². The fourth-order valence-corrected chi connectivity index (χ4v) is 2.34. The van der Waals surface area contributed by atoms with Crippen molar-refractivity contribution in [3.63, 3.8) is 0 Å². The van der Waals surface area contributed by atoms with Gasteiger partial charge >= 0.3 is 6.18 Å². The number of piperazine rings is 1. The van der Waals surface area contributed by atoms with Gasteiger partial charge in [-0.15, -0.1) is 12.4 Å². The first-order valence-corrected chi connectivity index (χ1v) is 7.21. The van der Waals surface area contributed by atoms with E-state index in [2.05, 4.69) is 0 Å². The number of halogens is 4. The van der Waals surface area contributed by atoms with Gasteiger partial charge in [0.05, 0.1) is 13.7 Å². The number of hydrogen-bond acceptors (Lipinski definition) is 4. The van der Waals surface area contributed by atoms with Crippen molar-refractivity contribution in [1.82, 2.24) is 9.80 Å². The summed E-state index contributed by atoms with van der Waals surface area (Å²) in [5.41, 5.74) is 0. The topological polar surface area (TPSA) is 42.0 Å². The molecule has 1 heterocycles. The standard InChI is InChI=1S/C15H19F3N2O3.ClH/c1-22-12-3-2-4-13(9-12)23-10-14(21)20-7-5-19(6-8-20)11-15(16,17)18;/h2-4,9H,5-8,10-11H2,1H3;1H. The summed E-state index contributed by atoms with van der Waals surface area (Å²) >= 11 is 0. The highest BCUT2D eigenvalue weighted by Crippen LogP contribution is 2.19. The maximum absolute atomic E-state index is 12.3. The average molecular weight is 369 g/mol. The third kappa shape index (κ3) is 6.45. The van der Waals surface area contributed by atoms with Crippen molar-refractivity contribution in [3.05, 3.63) is 24.3 Å². The molecule has 1 aromatic rings. The lowest BCUT2D eigenvalue weighted by Crippen LogP contribution is -2.51. The molecule has 24 heavy (non-hydrogen) atoms. The summed E-state index contributed by atoms with van der Waals surface area (Å²) < 4.78 is 47.4. The minimum absolute atomic E-state index is 0. The second kappa shape index (κ2) is 8.98. The second-order valence-corrected chi connectivity index (χ2v) is 5.24. The smallest absolute Gasteiger partial charge is 0.401 e. The molecule has 136 valence electrons. The molecule has 0 saturated carbocycles. The summed E-state index contributed by atoms with van der Waals surface area (Å²) in [5, 5.41) is 0. The molecular formula is C15H20ClF3N2O3. The fourth-order valence-electron chi connectivity index (χ4n) is 2.34. The maximum Gasteiger partial charge on any atom is 0.401 e. The molecule has 1 aromatic carbocycles. The minimum Gasteiger partial charge on any atom is -0.497 e. The van der Waals surface area contributed by atoms with Gasteiger partial charge in [0, 0.05) is 32.2 Å². The van der Waals surface area contributed by atoms with E-state index in [0.29, 0.717) is 11.5 Å². The van der Waals surface area contributed by atoms with Crippen molar-refractivity contribution in [2.75, 3.05) is 46.4 Å². The lowest BCUT2D eigenvalue weighted by Gasteiger charge is -2.34. The van der Waals surface area contributed by atoms with E-state index < -0.39 is 12.7 Å². The molecule has 9 heteroatoms. The lowest BCUT2D eigenvalue weighted by molar-refractivity contribution is -0.152. The van der Waals surface area contributed by atoms with Crippen LogP contribution in [0.4, 0.5) is 13.2 Å². The first kappa shape index (κ1) is 20.4. The predicted octanol–water partition coefficient (Wildman–Crippen LogP) is 2.20. The van der Waals surface area contributed by atoms with Crippen LogP contribution in [0.25, 0.3) is 0 Å². The first-order valence-electron chi connectivity index (χ1n) is 7.21. The molecule has 1 amide bonds. The summed E-state index contributed by atoms with van der Waals surface area (Å²) in [6.07, 6.45) is -4.21. The highest BCUT2D eigenvalue weighted by molar-refractivity contribution is 5.85. The molecule has 0 bridgehead atoms. The second-order valence-electron chi connectivity index (χ2n) is 5.24. The Morgan fingerprint density at radius 2 is 1.79 bits per heavy atom. The molecule has 0 radical (unpaired) electrons. The van der Waals surface area contributed by atoms with Crippen LogP contribution in [0.3, 0.4) is 0 Å². The van der Waals surface area contributed by atoms with Gasteiger partial charge in [-0.3, -0.25) is 9.69 Å². The Kier molecular flexibility index (Phi) is 7.62. The van der Waals surface area contributed by atoms with E-state index in [1.165, 1.54) is 16.9 Å². The summed E-state index contributed by atoms with van der Waals surface area (Å²) in [5.74, 6) is 0.892. The van der Waals surface area contributed by atoms with Crippen molar-refractivity contribution in [2.24, 2.45) is 0 Å². The van der Waals surface area contributed by atoms with Gasteiger partial charge in [-0.1, -0.05) is 6.07 Å². The van der Waals surface area contributed by atoms with Crippen LogP contribution in [-0.2, 0) is 4.79 Å². The molecular weight excluding hydrogens is 349 g/mol. The third-order valence-electron chi connectivity index (χ3n) is 3.53. The molecule has 1 fully saturated rings. The molecule has 0 aromatic heterocycles. The lowest BCUT2D eigenvalue weighted by atomic mass is 10.3. The molecule has 1 saturated heterocycles. The zero-order valence-electron chi connectivity index (χ0n) is 13.2. The van der Waals surface area contributed by atoms with E-state index in [1.54, 1.807) is 24.3 Å². The highest BCUT2D eigenvalue weighted by Gasteiger charge is 2.32. The van der Waals surface area contributed by atoms with E-state index in [0.717, 1.165) is 0 Å². The first-order chi connectivity index (χ1) is 10.9. The number of carbonyl (C=O) groups is 1. The van der Waals surface area contributed by atoms with E-state index >= 15 is 0 Å². The quantitative estimate of drug-likeness (QED) is 0.799. The maximum atomic E-state index is 12.3. The van der Waals surface area contributed by atoms with Crippen molar-refractivity contribution in [1.29, 1.82) is 0 Å². The Morgan fingerprint density at radius 1 is 1.17 bits per heavy atom. The summed E-state index contributed by atoms with van der Waals surface area (Å²) in [7, 11) is 1.53. The Balaban J connectivity index is 0.00000288. The van der Waals surface area contributed by atoms with Crippen LogP contribution in [0, 0.1) is 0 Å². The molecule has 0 spiro atoms. The molecule has 1 aliphatic rings. The number of nitrogens with zero attached hydrogens (tertiary/aromatic N) is 2. The summed E-state index contributed by atoms with van der Waals surface area (Å²) in [4.78, 5) is 14.9. The molecule has 0 aliphatic carbocycles. The summed E-state index contributed by atoms with van der Waals surface area (Å²) in [6.45, 7) is -0.108. The largest absolute Gasteiger partial charge is 0.497 e. The molecule has 5 nitrogen and oxygen atoms in total. The summed E-state index contributed by atoms with van der Waals surface area (Å²) in [6, 6.07) is 6.87. The highest BCUT2D eigenvalue weighted by atomic mass is 35.5. The Bertz CT molecular complexity index is 535. The van der Waals surface area contributed by atoms with Crippen LogP contribution in [-0.4, -0.2) is 68.3 Å². The molecule has 0 N–H and O–H groups in total. The van der Waals surface area contributed by atoms with E-state index in [9.17, 15) is 18.0 Å². The number of amides is 1. The van der Waals surface area contributed by atoms with Gasteiger partial charge in [0.2, 0.25) is 0 Å². The normalized spacial score (nSPS) is 15.6. The Hall–Kier alpha value is -1.67. The van der Waals surface area contributed by atoms with Gasteiger partial charge in [0.15, 0.2) is 6.61 Å². The van der Waals surface area contributed by atoms with Crippen LogP contribution in [0.2, 0.25) is 0 Å². The Morgan fingerprint density at radius 3 is 2.38 bits per heavy atom. The van der Waals surface area contributed by atoms with E-state index in [1.807, 2.05) is 0 Å². The van der Waals surface area contributed by atoms with Crippen LogP contribution < -0.4 is 9.47 Å². The average Bonchev–Trinajstić information content (AvgIpc) is 2.52. The van der Waals surface area contributed by atoms with Crippen LogP contribution in [0.15, 0.2) is 24.3 Å². The molecule has 0 unspecified atom stereocenters.